The molecule has 0 unspecified atom stereocenters. The number of hydrogen-bond acceptors (Lipinski definition) is 3. The third-order valence-corrected chi connectivity index (χ3v) is 2.66. The second kappa shape index (κ2) is 7.33. The standard InChI is InChI=1S/C15H20N4O2/c1-12(2)17-15(20)18-13-5-3-6-14(11-13)21-10-9-19-8-4-7-16-19/h3-8,11-12H,9-10H2,1-2H3,(H2,17,18,20). The van der Waals surface area contributed by atoms with Crippen molar-refractivity contribution in [3.05, 3.63) is 42.7 Å². The van der Waals surface area contributed by atoms with Gasteiger partial charge in [0.2, 0.25) is 0 Å². The van der Waals surface area contributed by atoms with Gasteiger partial charge in [-0.1, -0.05) is 6.07 Å². The Balaban J connectivity index is 1.84. The molecule has 0 bridgehead atoms. The molecule has 0 saturated carbocycles. The number of nitrogens with one attached hydrogen (secondary N) is 2. The van der Waals surface area contributed by atoms with Gasteiger partial charge in [-0.25, -0.2) is 4.79 Å². The van der Waals surface area contributed by atoms with E-state index in [-0.39, 0.29) is 12.1 Å². The van der Waals surface area contributed by atoms with Crippen LogP contribution >= 0.6 is 0 Å². The monoisotopic (exact) mass is 288 g/mol. The van der Waals surface area contributed by atoms with Crippen LogP contribution in [0.1, 0.15) is 13.8 Å². The Morgan fingerprint density at radius 3 is 2.95 bits per heavy atom. The Morgan fingerprint density at radius 1 is 1.38 bits per heavy atom. The SMILES string of the molecule is CC(C)NC(=O)Nc1cccc(OCCn2cccn2)c1. The summed E-state index contributed by atoms with van der Waals surface area (Å²) in [4.78, 5) is 11.6. The van der Waals surface area contributed by atoms with E-state index in [0.29, 0.717) is 24.6 Å². The van der Waals surface area contributed by atoms with Gasteiger partial charge in [0.25, 0.3) is 0 Å². The smallest absolute Gasteiger partial charge is 0.319 e. The van der Waals surface area contributed by atoms with Crippen LogP contribution < -0.4 is 15.4 Å². The lowest BCUT2D eigenvalue weighted by atomic mass is 10.3. The number of anilines is 1. The van der Waals surface area contributed by atoms with Gasteiger partial charge in [-0.05, 0) is 32.0 Å². The highest BCUT2D eigenvalue weighted by Gasteiger charge is 2.04. The van der Waals surface area contributed by atoms with Crippen molar-refractivity contribution >= 4 is 11.7 Å². The summed E-state index contributed by atoms with van der Waals surface area (Å²) in [5, 5.41) is 9.64. The molecule has 2 rings (SSSR count). The van der Waals surface area contributed by atoms with Crippen molar-refractivity contribution in [1.29, 1.82) is 0 Å². The number of urea groups is 1. The number of nitrogens with zero attached hydrogens (tertiary/aromatic N) is 2. The largest absolute Gasteiger partial charge is 0.492 e. The minimum absolute atomic E-state index is 0.0958. The highest BCUT2D eigenvalue weighted by atomic mass is 16.5. The van der Waals surface area contributed by atoms with E-state index in [0.717, 1.165) is 0 Å². The summed E-state index contributed by atoms with van der Waals surface area (Å²) in [6.45, 7) is 5.02. The van der Waals surface area contributed by atoms with Crippen molar-refractivity contribution in [3.8, 4) is 5.75 Å². The van der Waals surface area contributed by atoms with Crippen LogP contribution in [0.25, 0.3) is 0 Å². The number of amides is 2. The Morgan fingerprint density at radius 2 is 2.24 bits per heavy atom. The Labute approximate surface area is 124 Å². The van der Waals surface area contributed by atoms with Crippen molar-refractivity contribution in [3.63, 3.8) is 0 Å². The summed E-state index contributed by atoms with van der Waals surface area (Å²) >= 11 is 0. The average Bonchev–Trinajstić information content (AvgIpc) is 2.91. The third-order valence-electron chi connectivity index (χ3n) is 2.66. The minimum atomic E-state index is -0.223. The molecule has 1 aromatic heterocycles. The van der Waals surface area contributed by atoms with E-state index in [1.165, 1.54) is 0 Å². The highest BCUT2D eigenvalue weighted by molar-refractivity contribution is 5.89. The molecule has 0 fully saturated rings. The Hall–Kier alpha value is -2.50. The lowest BCUT2D eigenvalue weighted by Crippen LogP contribution is -2.34. The molecule has 6 heteroatoms. The number of carbonyl (C=O) groups is 1. The van der Waals surface area contributed by atoms with Crippen molar-refractivity contribution in [1.82, 2.24) is 15.1 Å². The van der Waals surface area contributed by atoms with Gasteiger partial charge < -0.3 is 15.4 Å². The molecule has 0 aliphatic heterocycles. The minimum Gasteiger partial charge on any atom is -0.492 e. The summed E-state index contributed by atoms with van der Waals surface area (Å²) in [6.07, 6.45) is 3.62. The second-order valence-corrected chi connectivity index (χ2v) is 4.90. The van der Waals surface area contributed by atoms with Crippen molar-refractivity contribution < 1.29 is 9.53 Å². The molecule has 0 aliphatic rings. The predicted molar refractivity (Wildman–Crippen MR) is 81.5 cm³/mol. The highest BCUT2D eigenvalue weighted by Crippen LogP contribution is 2.17. The summed E-state index contributed by atoms with van der Waals surface area (Å²) in [5.74, 6) is 0.713. The van der Waals surface area contributed by atoms with Crippen LogP contribution in [0.4, 0.5) is 10.5 Å². The number of rotatable bonds is 6. The molecule has 112 valence electrons. The molecule has 0 saturated heterocycles. The molecule has 2 amide bonds. The predicted octanol–water partition coefficient (Wildman–Crippen LogP) is 2.49. The van der Waals surface area contributed by atoms with E-state index in [1.54, 1.807) is 16.9 Å². The van der Waals surface area contributed by atoms with E-state index in [9.17, 15) is 4.79 Å². The molecule has 0 atom stereocenters. The van der Waals surface area contributed by atoms with Gasteiger partial charge in [0.15, 0.2) is 0 Å². The molecule has 2 aromatic rings. The van der Waals surface area contributed by atoms with Gasteiger partial charge in [-0.3, -0.25) is 4.68 Å². The number of aromatic nitrogens is 2. The maximum atomic E-state index is 11.6. The molecule has 1 heterocycles. The van der Waals surface area contributed by atoms with E-state index < -0.39 is 0 Å². The average molecular weight is 288 g/mol. The van der Waals surface area contributed by atoms with E-state index in [4.69, 9.17) is 4.74 Å². The summed E-state index contributed by atoms with van der Waals surface area (Å²) < 4.78 is 7.45. The number of carbonyl (C=O) groups excluding carboxylic acids is 1. The zero-order chi connectivity index (χ0) is 15.1. The van der Waals surface area contributed by atoms with Crippen LogP contribution in [0, 0.1) is 0 Å². The van der Waals surface area contributed by atoms with Gasteiger partial charge >= 0.3 is 6.03 Å². The molecular weight excluding hydrogens is 268 g/mol. The van der Waals surface area contributed by atoms with Gasteiger partial charge in [-0.15, -0.1) is 0 Å². The third kappa shape index (κ3) is 5.18. The molecular formula is C15H20N4O2. The zero-order valence-corrected chi connectivity index (χ0v) is 12.2. The zero-order valence-electron chi connectivity index (χ0n) is 12.2. The van der Waals surface area contributed by atoms with Gasteiger partial charge in [0.1, 0.15) is 12.4 Å². The molecule has 0 aliphatic carbocycles. The van der Waals surface area contributed by atoms with Crippen LogP contribution in [0.5, 0.6) is 5.75 Å². The molecule has 0 radical (unpaired) electrons. The van der Waals surface area contributed by atoms with Crippen molar-refractivity contribution in [2.45, 2.75) is 26.4 Å². The quantitative estimate of drug-likeness (QED) is 0.858. The van der Waals surface area contributed by atoms with Crippen LogP contribution in [-0.2, 0) is 6.54 Å². The Bertz CT molecular complexity index is 567. The first-order chi connectivity index (χ1) is 10.1. The van der Waals surface area contributed by atoms with Crippen LogP contribution in [0.15, 0.2) is 42.7 Å². The fraction of sp³-hybridized carbons (Fsp3) is 0.333. The Kier molecular flexibility index (Phi) is 5.20. The van der Waals surface area contributed by atoms with E-state index in [1.807, 2.05) is 44.3 Å². The summed E-state index contributed by atoms with van der Waals surface area (Å²) in [6, 6.07) is 9.06. The topological polar surface area (TPSA) is 68.2 Å². The molecule has 1 aromatic carbocycles. The lowest BCUT2D eigenvalue weighted by molar-refractivity contribution is 0.250. The molecule has 6 nitrogen and oxygen atoms in total. The maximum absolute atomic E-state index is 11.6. The number of hydrogen-bond donors (Lipinski definition) is 2. The summed E-state index contributed by atoms with van der Waals surface area (Å²) in [5.41, 5.74) is 0.699. The summed E-state index contributed by atoms with van der Waals surface area (Å²) in [7, 11) is 0. The fourth-order valence-corrected chi connectivity index (χ4v) is 1.78. The molecule has 21 heavy (non-hydrogen) atoms. The fourth-order valence-electron chi connectivity index (χ4n) is 1.78. The van der Waals surface area contributed by atoms with Crippen molar-refractivity contribution in [2.24, 2.45) is 0 Å². The van der Waals surface area contributed by atoms with Gasteiger partial charge in [-0.2, -0.15) is 5.10 Å². The van der Waals surface area contributed by atoms with Crippen LogP contribution in [-0.4, -0.2) is 28.5 Å². The number of benzene rings is 1. The van der Waals surface area contributed by atoms with E-state index in [2.05, 4.69) is 15.7 Å². The first-order valence-electron chi connectivity index (χ1n) is 6.91. The normalized spacial score (nSPS) is 10.4. The molecule has 2 N–H and O–H groups in total. The van der Waals surface area contributed by atoms with E-state index >= 15 is 0 Å². The lowest BCUT2D eigenvalue weighted by Gasteiger charge is -2.11. The second-order valence-electron chi connectivity index (χ2n) is 4.90. The van der Waals surface area contributed by atoms with Crippen molar-refractivity contribution in [2.75, 3.05) is 11.9 Å². The van der Waals surface area contributed by atoms with Crippen LogP contribution in [0.2, 0.25) is 0 Å². The van der Waals surface area contributed by atoms with Gasteiger partial charge in [0, 0.05) is 30.2 Å². The first kappa shape index (κ1) is 14.9. The number of ether oxygens (including phenoxy) is 1. The maximum Gasteiger partial charge on any atom is 0.319 e. The van der Waals surface area contributed by atoms with Gasteiger partial charge in [0.05, 0.1) is 6.54 Å². The van der Waals surface area contributed by atoms with Crippen LogP contribution in [0.3, 0.4) is 0 Å². The first-order valence-corrected chi connectivity index (χ1v) is 6.91. The molecule has 0 spiro atoms.